The van der Waals surface area contributed by atoms with Crippen LogP contribution in [0.5, 0.6) is 5.75 Å². The zero-order chi connectivity index (χ0) is 22.4. The van der Waals surface area contributed by atoms with Crippen molar-refractivity contribution in [2.45, 2.75) is 25.6 Å². The van der Waals surface area contributed by atoms with Crippen LogP contribution in [-0.2, 0) is 21.0 Å². The maximum absolute atomic E-state index is 12.8. The standard InChI is InChI=1S/C22H22BrN3O5/c1-14(2)19(20(27)25-31-12-15-6-4-3-5-7-15)26-21(28)18(24-22(26)29)13-30-17-10-8-16(23)9-11-17/h3-11,18-19H,1,12-13H2,2H3,(H,24,29)(H,25,27)/t18-,19+/m0/s1. The van der Waals surface area contributed by atoms with E-state index in [0.29, 0.717) is 11.3 Å². The van der Waals surface area contributed by atoms with E-state index in [1.54, 1.807) is 31.2 Å². The Morgan fingerprint density at radius 2 is 1.87 bits per heavy atom. The van der Waals surface area contributed by atoms with E-state index in [9.17, 15) is 14.4 Å². The lowest BCUT2D eigenvalue weighted by molar-refractivity contribution is -0.143. The molecule has 2 aromatic rings. The number of rotatable bonds is 9. The minimum atomic E-state index is -1.21. The Morgan fingerprint density at radius 1 is 1.19 bits per heavy atom. The average Bonchev–Trinajstić information content (AvgIpc) is 3.02. The van der Waals surface area contributed by atoms with Crippen LogP contribution in [0.3, 0.4) is 0 Å². The first-order chi connectivity index (χ1) is 14.9. The van der Waals surface area contributed by atoms with Gasteiger partial charge in [-0.05, 0) is 42.3 Å². The molecule has 4 amide bonds. The second-order valence-corrected chi connectivity index (χ2v) is 7.88. The molecule has 0 radical (unpaired) electrons. The number of ether oxygens (including phenoxy) is 1. The van der Waals surface area contributed by atoms with E-state index < -0.39 is 29.9 Å². The minimum Gasteiger partial charge on any atom is -0.491 e. The highest BCUT2D eigenvalue weighted by atomic mass is 79.9. The van der Waals surface area contributed by atoms with Gasteiger partial charge in [0.1, 0.15) is 24.4 Å². The summed E-state index contributed by atoms with van der Waals surface area (Å²) in [5.74, 6) is -0.693. The molecule has 0 spiro atoms. The van der Waals surface area contributed by atoms with Gasteiger partial charge in [0.25, 0.3) is 11.8 Å². The molecule has 8 nitrogen and oxygen atoms in total. The van der Waals surface area contributed by atoms with Crippen LogP contribution < -0.4 is 15.5 Å². The topological polar surface area (TPSA) is 97.0 Å². The molecule has 0 bridgehead atoms. The first-order valence-electron chi connectivity index (χ1n) is 9.49. The molecule has 31 heavy (non-hydrogen) atoms. The first kappa shape index (κ1) is 22.5. The molecule has 1 aliphatic heterocycles. The monoisotopic (exact) mass is 487 g/mol. The molecule has 9 heteroatoms. The van der Waals surface area contributed by atoms with Crippen LogP contribution in [0.4, 0.5) is 4.79 Å². The highest BCUT2D eigenvalue weighted by Gasteiger charge is 2.45. The van der Waals surface area contributed by atoms with Gasteiger partial charge in [-0.3, -0.25) is 14.4 Å². The van der Waals surface area contributed by atoms with Crippen LogP contribution in [0, 0.1) is 0 Å². The Bertz CT molecular complexity index is 965. The number of carbonyl (C=O) groups is 3. The van der Waals surface area contributed by atoms with Gasteiger partial charge in [-0.1, -0.05) is 52.8 Å². The largest absolute Gasteiger partial charge is 0.491 e. The number of urea groups is 1. The number of hydrogen-bond donors (Lipinski definition) is 2. The lowest BCUT2D eigenvalue weighted by Gasteiger charge is -2.24. The molecule has 1 fully saturated rings. The zero-order valence-corrected chi connectivity index (χ0v) is 18.4. The van der Waals surface area contributed by atoms with Crippen molar-refractivity contribution < 1.29 is 24.0 Å². The van der Waals surface area contributed by atoms with Crippen molar-refractivity contribution in [3.63, 3.8) is 0 Å². The SMILES string of the molecule is C=C(C)[C@H](C(=O)NOCc1ccccc1)N1C(=O)N[C@@H](COc2ccc(Br)cc2)C1=O. The fourth-order valence-corrected chi connectivity index (χ4v) is 3.26. The molecule has 0 saturated carbocycles. The summed E-state index contributed by atoms with van der Waals surface area (Å²) in [7, 11) is 0. The van der Waals surface area contributed by atoms with Gasteiger partial charge in [0.2, 0.25) is 0 Å². The van der Waals surface area contributed by atoms with Crippen molar-refractivity contribution in [3.8, 4) is 5.75 Å². The number of benzene rings is 2. The van der Waals surface area contributed by atoms with Crippen molar-refractivity contribution in [3.05, 3.63) is 76.8 Å². The smallest absolute Gasteiger partial charge is 0.325 e. The number of carbonyl (C=O) groups excluding carboxylic acids is 3. The maximum atomic E-state index is 12.8. The molecule has 2 atom stereocenters. The number of imide groups is 1. The van der Waals surface area contributed by atoms with Crippen molar-refractivity contribution in [1.29, 1.82) is 0 Å². The molecular weight excluding hydrogens is 466 g/mol. The van der Waals surface area contributed by atoms with E-state index in [0.717, 1.165) is 14.9 Å². The van der Waals surface area contributed by atoms with Gasteiger partial charge in [0.15, 0.2) is 0 Å². The predicted octanol–water partition coefficient (Wildman–Crippen LogP) is 2.94. The summed E-state index contributed by atoms with van der Waals surface area (Å²) in [6, 6.07) is 13.5. The Morgan fingerprint density at radius 3 is 2.52 bits per heavy atom. The van der Waals surface area contributed by atoms with E-state index in [1.165, 1.54) is 0 Å². The van der Waals surface area contributed by atoms with Crippen LogP contribution in [0.25, 0.3) is 0 Å². The van der Waals surface area contributed by atoms with Crippen LogP contribution in [0.15, 0.2) is 71.2 Å². The maximum Gasteiger partial charge on any atom is 0.325 e. The third kappa shape index (κ3) is 5.71. The van der Waals surface area contributed by atoms with E-state index in [2.05, 4.69) is 33.3 Å². The number of nitrogens with zero attached hydrogens (tertiary/aromatic N) is 1. The average molecular weight is 488 g/mol. The molecule has 0 aromatic heterocycles. The van der Waals surface area contributed by atoms with Crippen molar-refractivity contribution in [2.75, 3.05) is 6.61 Å². The van der Waals surface area contributed by atoms with Crippen molar-refractivity contribution >= 4 is 33.8 Å². The molecule has 2 N–H and O–H groups in total. The van der Waals surface area contributed by atoms with Gasteiger partial charge in [-0.2, -0.15) is 0 Å². The Kier molecular flexibility index (Phi) is 7.43. The third-order valence-corrected chi connectivity index (χ3v) is 5.04. The summed E-state index contributed by atoms with van der Waals surface area (Å²) in [6.45, 7) is 5.39. The third-order valence-electron chi connectivity index (χ3n) is 4.51. The fraction of sp³-hybridized carbons (Fsp3) is 0.227. The number of halogens is 1. The van der Waals surface area contributed by atoms with E-state index >= 15 is 0 Å². The second kappa shape index (κ2) is 10.2. The van der Waals surface area contributed by atoms with Gasteiger partial charge in [-0.15, -0.1) is 0 Å². The molecule has 1 saturated heterocycles. The summed E-state index contributed by atoms with van der Waals surface area (Å²) < 4.78 is 6.49. The molecule has 0 aliphatic carbocycles. The number of nitrogens with one attached hydrogen (secondary N) is 2. The lowest BCUT2D eigenvalue weighted by atomic mass is 10.1. The van der Waals surface area contributed by atoms with E-state index in [-0.39, 0.29) is 13.2 Å². The molecule has 1 aliphatic rings. The molecular formula is C22H22BrN3O5. The van der Waals surface area contributed by atoms with Gasteiger partial charge < -0.3 is 10.1 Å². The Hall–Kier alpha value is -3.17. The molecule has 3 rings (SSSR count). The number of hydroxylamine groups is 1. The summed E-state index contributed by atoms with van der Waals surface area (Å²) in [4.78, 5) is 44.1. The van der Waals surface area contributed by atoms with Crippen molar-refractivity contribution in [1.82, 2.24) is 15.7 Å². The summed E-state index contributed by atoms with van der Waals surface area (Å²) in [5, 5.41) is 2.55. The molecule has 1 heterocycles. The molecule has 162 valence electrons. The van der Waals surface area contributed by atoms with Gasteiger partial charge in [-0.25, -0.2) is 15.2 Å². The zero-order valence-electron chi connectivity index (χ0n) is 16.8. The highest BCUT2D eigenvalue weighted by molar-refractivity contribution is 9.10. The van der Waals surface area contributed by atoms with Crippen molar-refractivity contribution in [2.24, 2.45) is 0 Å². The normalized spacial score (nSPS) is 16.6. The second-order valence-electron chi connectivity index (χ2n) is 6.96. The summed E-state index contributed by atoms with van der Waals surface area (Å²) in [5.41, 5.74) is 3.47. The van der Waals surface area contributed by atoms with Crippen LogP contribution in [-0.4, -0.2) is 41.4 Å². The quantitative estimate of drug-likeness (QED) is 0.322. The minimum absolute atomic E-state index is 0.0717. The highest BCUT2D eigenvalue weighted by Crippen LogP contribution is 2.19. The predicted molar refractivity (Wildman–Crippen MR) is 117 cm³/mol. The van der Waals surface area contributed by atoms with Gasteiger partial charge in [0, 0.05) is 4.47 Å². The number of hydrogen-bond acceptors (Lipinski definition) is 5. The Balaban J connectivity index is 1.61. The van der Waals surface area contributed by atoms with Crippen LogP contribution in [0.2, 0.25) is 0 Å². The Labute approximate surface area is 188 Å². The summed E-state index contributed by atoms with van der Waals surface area (Å²) in [6.07, 6.45) is 0. The van der Waals surface area contributed by atoms with E-state index in [4.69, 9.17) is 9.57 Å². The van der Waals surface area contributed by atoms with Gasteiger partial charge in [0.05, 0.1) is 6.61 Å². The number of amides is 4. The van der Waals surface area contributed by atoms with Crippen LogP contribution in [0.1, 0.15) is 12.5 Å². The van der Waals surface area contributed by atoms with E-state index in [1.807, 2.05) is 30.3 Å². The molecule has 0 unspecified atom stereocenters. The first-order valence-corrected chi connectivity index (χ1v) is 10.3. The lowest BCUT2D eigenvalue weighted by Crippen LogP contribution is -2.50. The molecule has 2 aromatic carbocycles. The fourth-order valence-electron chi connectivity index (χ4n) is 3.00. The van der Waals surface area contributed by atoms with Gasteiger partial charge >= 0.3 is 6.03 Å². The van der Waals surface area contributed by atoms with Crippen LogP contribution >= 0.6 is 15.9 Å². The summed E-state index contributed by atoms with van der Waals surface area (Å²) >= 11 is 3.33.